The number of anilines is 1. The van der Waals surface area contributed by atoms with Gasteiger partial charge in [0.1, 0.15) is 0 Å². The van der Waals surface area contributed by atoms with Crippen LogP contribution in [0.15, 0.2) is 41.3 Å². The summed E-state index contributed by atoms with van der Waals surface area (Å²) in [5.41, 5.74) is -0.561. The van der Waals surface area contributed by atoms with Gasteiger partial charge in [0.2, 0.25) is 11.7 Å². The van der Waals surface area contributed by atoms with Crippen LogP contribution in [-0.4, -0.2) is 16.6 Å². The Hall–Kier alpha value is -1.83. The van der Waals surface area contributed by atoms with Crippen LogP contribution in [0, 0.1) is 15.9 Å². The van der Waals surface area contributed by atoms with E-state index in [9.17, 15) is 19.3 Å². The molecule has 0 saturated heterocycles. The molecule has 0 heterocycles. The number of nitrogens with zero attached hydrogens (tertiary/aromatic N) is 1. The zero-order valence-corrected chi connectivity index (χ0v) is 13.7. The number of nitrogens with one attached hydrogen (secondary N) is 1. The normalized spacial score (nSPS) is 10.4. The first-order valence-corrected chi connectivity index (χ1v) is 7.92. The molecule has 5 nitrogen and oxygen atoms in total. The molecule has 0 saturated carbocycles. The standard InChI is InChI=1S/C14H9Cl2FN2O3S/c15-8-1-3-10(16)13(5-8)23-7-14(20)18-9-2-4-11(17)12(6-9)19(21)22/h1-6H,7H2,(H,18,20). The lowest BCUT2D eigenvalue weighted by molar-refractivity contribution is -0.387. The summed E-state index contributed by atoms with van der Waals surface area (Å²) < 4.78 is 13.2. The number of nitro groups is 1. The summed E-state index contributed by atoms with van der Waals surface area (Å²) >= 11 is 13.0. The Morgan fingerprint density at radius 3 is 2.70 bits per heavy atom. The monoisotopic (exact) mass is 374 g/mol. The second-order valence-corrected chi connectivity index (χ2v) is 6.20. The Kier molecular flexibility index (Phi) is 5.81. The number of hydrogen-bond donors (Lipinski definition) is 1. The lowest BCUT2D eigenvalue weighted by Gasteiger charge is -2.07. The second-order valence-electron chi connectivity index (χ2n) is 4.33. The predicted octanol–water partition coefficient (Wildman–Crippen LogP) is 4.77. The minimum Gasteiger partial charge on any atom is -0.325 e. The van der Waals surface area contributed by atoms with Crippen molar-refractivity contribution < 1.29 is 14.1 Å². The molecule has 0 aliphatic rings. The maximum Gasteiger partial charge on any atom is 0.306 e. The van der Waals surface area contributed by atoms with Crippen LogP contribution >= 0.6 is 35.0 Å². The fourth-order valence-corrected chi connectivity index (χ4v) is 2.95. The van der Waals surface area contributed by atoms with Crippen molar-refractivity contribution in [3.63, 3.8) is 0 Å². The van der Waals surface area contributed by atoms with Crippen LogP contribution in [-0.2, 0) is 4.79 Å². The van der Waals surface area contributed by atoms with E-state index in [0.29, 0.717) is 14.9 Å². The lowest BCUT2D eigenvalue weighted by Crippen LogP contribution is -2.14. The number of halogens is 3. The zero-order chi connectivity index (χ0) is 17.0. The van der Waals surface area contributed by atoms with E-state index >= 15 is 0 Å². The van der Waals surface area contributed by atoms with Crippen LogP contribution in [0.2, 0.25) is 10.0 Å². The SMILES string of the molecule is O=C(CSc1cc(Cl)ccc1Cl)Nc1ccc(F)c([N+](=O)[O-])c1. The molecule has 120 valence electrons. The smallest absolute Gasteiger partial charge is 0.306 e. The average Bonchev–Trinajstić information content (AvgIpc) is 2.50. The molecule has 0 aromatic heterocycles. The van der Waals surface area contributed by atoms with Crippen molar-refractivity contribution in [2.24, 2.45) is 0 Å². The Morgan fingerprint density at radius 1 is 1.26 bits per heavy atom. The van der Waals surface area contributed by atoms with Crippen LogP contribution in [0.1, 0.15) is 0 Å². The first kappa shape index (κ1) is 17.5. The summed E-state index contributed by atoms with van der Waals surface area (Å²) in [6.07, 6.45) is 0. The van der Waals surface area contributed by atoms with Crippen molar-refractivity contribution in [2.45, 2.75) is 4.90 Å². The summed E-state index contributed by atoms with van der Waals surface area (Å²) in [6, 6.07) is 8.01. The Balaban J connectivity index is 2.01. The van der Waals surface area contributed by atoms with Crippen molar-refractivity contribution in [1.29, 1.82) is 0 Å². The minimum atomic E-state index is -0.965. The molecule has 2 aromatic rings. The van der Waals surface area contributed by atoms with Crippen LogP contribution in [0.3, 0.4) is 0 Å². The van der Waals surface area contributed by atoms with Gasteiger partial charge in [-0.3, -0.25) is 14.9 Å². The zero-order valence-electron chi connectivity index (χ0n) is 11.4. The van der Waals surface area contributed by atoms with Crippen LogP contribution in [0.25, 0.3) is 0 Å². The molecule has 9 heteroatoms. The number of carbonyl (C=O) groups is 1. The van der Waals surface area contributed by atoms with E-state index in [2.05, 4.69) is 5.32 Å². The number of rotatable bonds is 5. The number of hydrogen-bond acceptors (Lipinski definition) is 4. The molecule has 1 N–H and O–H groups in total. The highest BCUT2D eigenvalue weighted by Crippen LogP contribution is 2.30. The number of amides is 1. The van der Waals surface area contributed by atoms with Gasteiger partial charge in [-0.05, 0) is 30.3 Å². The van der Waals surface area contributed by atoms with E-state index in [1.165, 1.54) is 17.8 Å². The molecule has 2 aromatic carbocycles. The lowest BCUT2D eigenvalue weighted by atomic mass is 10.2. The molecule has 0 bridgehead atoms. The van der Waals surface area contributed by atoms with E-state index in [1.807, 2.05) is 0 Å². The number of benzene rings is 2. The van der Waals surface area contributed by atoms with E-state index in [-0.39, 0.29) is 11.4 Å². The van der Waals surface area contributed by atoms with Gasteiger partial charge in [0.15, 0.2) is 0 Å². The summed E-state index contributed by atoms with van der Waals surface area (Å²) in [7, 11) is 0. The third kappa shape index (κ3) is 4.82. The highest BCUT2D eigenvalue weighted by atomic mass is 35.5. The third-order valence-electron chi connectivity index (χ3n) is 2.68. The molecule has 0 unspecified atom stereocenters. The van der Waals surface area contributed by atoms with Gasteiger partial charge in [-0.1, -0.05) is 23.2 Å². The van der Waals surface area contributed by atoms with E-state index in [0.717, 1.165) is 12.1 Å². The van der Waals surface area contributed by atoms with Gasteiger partial charge in [0.05, 0.1) is 15.7 Å². The van der Waals surface area contributed by atoms with Crippen molar-refractivity contribution >= 4 is 52.2 Å². The maximum atomic E-state index is 13.2. The first-order chi connectivity index (χ1) is 10.9. The summed E-state index contributed by atoms with van der Waals surface area (Å²) in [5.74, 6) is -1.36. The third-order valence-corrected chi connectivity index (χ3v) is 4.41. The molecule has 1 amide bonds. The Bertz CT molecular complexity index is 774. The first-order valence-electron chi connectivity index (χ1n) is 6.18. The molecule has 0 radical (unpaired) electrons. The van der Waals surface area contributed by atoms with Gasteiger partial charge >= 0.3 is 5.69 Å². The van der Waals surface area contributed by atoms with Gasteiger partial charge in [0.25, 0.3) is 0 Å². The van der Waals surface area contributed by atoms with E-state index in [1.54, 1.807) is 18.2 Å². The van der Waals surface area contributed by atoms with Gasteiger partial charge in [-0.25, -0.2) is 0 Å². The molecule has 0 spiro atoms. The van der Waals surface area contributed by atoms with E-state index < -0.39 is 22.3 Å². The number of thioether (sulfide) groups is 1. The van der Waals surface area contributed by atoms with Crippen LogP contribution in [0.5, 0.6) is 0 Å². The van der Waals surface area contributed by atoms with E-state index in [4.69, 9.17) is 23.2 Å². The van der Waals surface area contributed by atoms with Crippen molar-refractivity contribution in [3.05, 3.63) is 62.4 Å². The Labute approximate surface area is 144 Å². The second kappa shape index (κ2) is 7.63. The largest absolute Gasteiger partial charge is 0.325 e. The highest BCUT2D eigenvalue weighted by Gasteiger charge is 2.15. The molecular weight excluding hydrogens is 366 g/mol. The van der Waals surface area contributed by atoms with Crippen molar-refractivity contribution in [1.82, 2.24) is 0 Å². The minimum absolute atomic E-state index is 0.0191. The molecular formula is C14H9Cl2FN2O3S. The summed E-state index contributed by atoms with van der Waals surface area (Å²) in [4.78, 5) is 22.3. The van der Waals surface area contributed by atoms with Crippen molar-refractivity contribution in [2.75, 3.05) is 11.1 Å². The van der Waals surface area contributed by atoms with Gasteiger partial charge in [0, 0.05) is 21.7 Å². The summed E-state index contributed by atoms with van der Waals surface area (Å²) in [5, 5.41) is 14.1. The van der Waals surface area contributed by atoms with Crippen LogP contribution in [0.4, 0.5) is 15.8 Å². The number of carbonyl (C=O) groups excluding carboxylic acids is 1. The fraction of sp³-hybridized carbons (Fsp3) is 0.0714. The molecule has 23 heavy (non-hydrogen) atoms. The van der Waals surface area contributed by atoms with Gasteiger partial charge in [-0.2, -0.15) is 4.39 Å². The molecule has 0 aliphatic heterocycles. The highest BCUT2D eigenvalue weighted by molar-refractivity contribution is 8.00. The van der Waals surface area contributed by atoms with Crippen LogP contribution < -0.4 is 5.32 Å². The molecule has 2 rings (SSSR count). The number of nitro benzene ring substituents is 1. The topological polar surface area (TPSA) is 72.2 Å². The van der Waals surface area contributed by atoms with Gasteiger partial charge < -0.3 is 5.32 Å². The predicted molar refractivity (Wildman–Crippen MR) is 88.9 cm³/mol. The summed E-state index contributed by atoms with van der Waals surface area (Å²) in [6.45, 7) is 0. The Morgan fingerprint density at radius 2 is 2.00 bits per heavy atom. The molecule has 0 atom stereocenters. The molecule has 0 aliphatic carbocycles. The van der Waals surface area contributed by atoms with Gasteiger partial charge in [-0.15, -0.1) is 11.8 Å². The quantitative estimate of drug-likeness (QED) is 0.464. The maximum absolute atomic E-state index is 13.2. The molecule has 0 fully saturated rings. The fourth-order valence-electron chi connectivity index (χ4n) is 1.66. The van der Waals surface area contributed by atoms with Crippen molar-refractivity contribution in [3.8, 4) is 0 Å². The average molecular weight is 375 g/mol.